The van der Waals surface area contributed by atoms with Crippen LogP contribution < -0.4 is 5.32 Å². The number of anilines is 1. The van der Waals surface area contributed by atoms with Crippen LogP contribution in [0.2, 0.25) is 0 Å². The van der Waals surface area contributed by atoms with Gasteiger partial charge in [0.25, 0.3) is 0 Å². The zero-order valence-corrected chi connectivity index (χ0v) is 10.6. The number of rotatable bonds is 6. The van der Waals surface area contributed by atoms with Gasteiger partial charge in [0.2, 0.25) is 0 Å². The van der Waals surface area contributed by atoms with E-state index in [0.717, 1.165) is 29.2 Å². The smallest absolute Gasteiger partial charge is 0.139 e. The van der Waals surface area contributed by atoms with Crippen molar-refractivity contribution in [3.63, 3.8) is 0 Å². The summed E-state index contributed by atoms with van der Waals surface area (Å²) < 4.78 is 5.34. The molecule has 0 saturated carbocycles. The molecule has 2 rings (SSSR count). The number of hydrogen-bond donors (Lipinski definition) is 1. The molecule has 0 bridgehead atoms. The van der Waals surface area contributed by atoms with Crippen molar-refractivity contribution in [2.24, 2.45) is 5.92 Å². The predicted molar refractivity (Wildman–Crippen MR) is 71.2 cm³/mol. The van der Waals surface area contributed by atoms with Crippen LogP contribution in [0.1, 0.15) is 33.1 Å². The maximum absolute atomic E-state index is 5.34. The molecule has 0 atom stereocenters. The molecule has 1 N–H and O–H groups in total. The number of pyridine rings is 1. The van der Waals surface area contributed by atoms with Gasteiger partial charge in [-0.3, -0.25) is 0 Å². The SMILES string of the molecule is CC(C)CCCCNc1nccc2occc12. The summed E-state index contributed by atoms with van der Waals surface area (Å²) in [7, 11) is 0. The monoisotopic (exact) mass is 232 g/mol. The molecule has 0 amide bonds. The molecular weight excluding hydrogens is 212 g/mol. The minimum absolute atomic E-state index is 0.797. The zero-order valence-electron chi connectivity index (χ0n) is 10.6. The lowest BCUT2D eigenvalue weighted by Gasteiger charge is -2.07. The van der Waals surface area contributed by atoms with Crippen LogP contribution in [0.15, 0.2) is 29.0 Å². The molecule has 0 saturated heterocycles. The first-order chi connectivity index (χ1) is 8.27. The van der Waals surface area contributed by atoms with E-state index in [1.54, 1.807) is 12.5 Å². The zero-order chi connectivity index (χ0) is 12.1. The second-order valence-corrected chi connectivity index (χ2v) is 4.81. The highest BCUT2D eigenvalue weighted by molar-refractivity contribution is 5.87. The summed E-state index contributed by atoms with van der Waals surface area (Å²) >= 11 is 0. The van der Waals surface area contributed by atoms with Gasteiger partial charge in [0.1, 0.15) is 11.4 Å². The van der Waals surface area contributed by atoms with Crippen molar-refractivity contribution in [1.82, 2.24) is 4.98 Å². The Morgan fingerprint density at radius 3 is 3.00 bits per heavy atom. The summed E-state index contributed by atoms with van der Waals surface area (Å²) in [6, 6.07) is 3.85. The maximum atomic E-state index is 5.34. The van der Waals surface area contributed by atoms with Gasteiger partial charge in [0.15, 0.2) is 0 Å². The summed E-state index contributed by atoms with van der Waals surface area (Å²) in [6.45, 7) is 5.51. The van der Waals surface area contributed by atoms with Crippen LogP contribution >= 0.6 is 0 Å². The van der Waals surface area contributed by atoms with Gasteiger partial charge in [0.05, 0.1) is 11.6 Å². The highest BCUT2D eigenvalue weighted by Crippen LogP contribution is 2.21. The van der Waals surface area contributed by atoms with Crippen LogP contribution in [0.3, 0.4) is 0 Å². The lowest BCUT2D eigenvalue weighted by atomic mass is 10.1. The summed E-state index contributed by atoms with van der Waals surface area (Å²) in [5.74, 6) is 1.73. The Kier molecular flexibility index (Phi) is 4.02. The van der Waals surface area contributed by atoms with Crippen molar-refractivity contribution in [1.29, 1.82) is 0 Å². The van der Waals surface area contributed by atoms with E-state index in [1.165, 1.54) is 19.3 Å². The number of unbranched alkanes of at least 4 members (excludes halogenated alkanes) is 1. The largest absolute Gasteiger partial charge is 0.464 e. The van der Waals surface area contributed by atoms with Crippen molar-refractivity contribution in [2.75, 3.05) is 11.9 Å². The number of aromatic nitrogens is 1. The van der Waals surface area contributed by atoms with Gasteiger partial charge in [0, 0.05) is 12.7 Å². The fraction of sp³-hybridized carbons (Fsp3) is 0.500. The highest BCUT2D eigenvalue weighted by Gasteiger charge is 2.03. The molecule has 0 aliphatic carbocycles. The molecule has 0 aromatic carbocycles. The second kappa shape index (κ2) is 5.71. The Labute approximate surface area is 102 Å². The highest BCUT2D eigenvalue weighted by atomic mass is 16.3. The first-order valence-corrected chi connectivity index (χ1v) is 6.33. The van der Waals surface area contributed by atoms with E-state index in [-0.39, 0.29) is 0 Å². The van der Waals surface area contributed by atoms with Crippen LogP contribution in [0.25, 0.3) is 11.0 Å². The third-order valence-electron chi connectivity index (χ3n) is 2.88. The van der Waals surface area contributed by atoms with Gasteiger partial charge in [-0.15, -0.1) is 0 Å². The van der Waals surface area contributed by atoms with Gasteiger partial charge in [-0.1, -0.05) is 26.7 Å². The minimum atomic E-state index is 0.797. The first-order valence-electron chi connectivity index (χ1n) is 6.33. The van der Waals surface area contributed by atoms with Crippen molar-refractivity contribution >= 4 is 16.8 Å². The van der Waals surface area contributed by atoms with E-state index in [4.69, 9.17) is 4.42 Å². The summed E-state index contributed by atoms with van der Waals surface area (Å²) in [6.07, 6.45) is 7.24. The third kappa shape index (κ3) is 3.22. The minimum Gasteiger partial charge on any atom is -0.464 e. The Hall–Kier alpha value is -1.51. The average molecular weight is 232 g/mol. The normalized spacial score (nSPS) is 11.2. The fourth-order valence-corrected chi connectivity index (χ4v) is 1.92. The molecule has 2 aromatic rings. The van der Waals surface area contributed by atoms with E-state index in [2.05, 4.69) is 24.1 Å². The molecule has 3 nitrogen and oxygen atoms in total. The Bertz CT molecular complexity index is 462. The Balaban J connectivity index is 1.84. The molecule has 0 fully saturated rings. The quantitative estimate of drug-likeness (QED) is 0.763. The molecule has 2 heterocycles. The van der Waals surface area contributed by atoms with Crippen LogP contribution in [-0.2, 0) is 0 Å². The standard InChI is InChI=1S/C14H20N2O/c1-11(2)5-3-4-8-15-14-12-7-10-17-13(12)6-9-16-14/h6-7,9-11H,3-5,8H2,1-2H3,(H,15,16). The number of nitrogens with zero attached hydrogens (tertiary/aromatic N) is 1. The predicted octanol–water partition coefficient (Wildman–Crippen LogP) is 4.07. The van der Waals surface area contributed by atoms with E-state index in [0.29, 0.717) is 0 Å². The summed E-state index contributed by atoms with van der Waals surface area (Å²) in [5.41, 5.74) is 0.893. The average Bonchev–Trinajstić information content (AvgIpc) is 2.77. The molecule has 17 heavy (non-hydrogen) atoms. The molecule has 0 aliphatic rings. The number of fused-ring (bicyclic) bond motifs is 1. The molecule has 0 unspecified atom stereocenters. The van der Waals surface area contributed by atoms with Crippen LogP contribution in [0, 0.1) is 5.92 Å². The number of nitrogens with one attached hydrogen (secondary N) is 1. The van der Waals surface area contributed by atoms with Crippen LogP contribution in [-0.4, -0.2) is 11.5 Å². The second-order valence-electron chi connectivity index (χ2n) is 4.81. The molecule has 2 aromatic heterocycles. The summed E-state index contributed by atoms with van der Waals surface area (Å²) in [4.78, 5) is 4.34. The molecule has 0 spiro atoms. The van der Waals surface area contributed by atoms with Gasteiger partial charge < -0.3 is 9.73 Å². The van der Waals surface area contributed by atoms with Gasteiger partial charge in [-0.25, -0.2) is 4.98 Å². The Morgan fingerprint density at radius 2 is 2.18 bits per heavy atom. The first kappa shape index (κ1) is 12.0. The lowest BCUT2D eigenvalue weighted by molar-refractivity contribution is 0.544. The van der Waals surface area contributed by atoms with E-state index < -0.39 is 0 Å². The lowest BCUT2D eigenvalue weighted by Crippen LogP contribution is -2.03. The van der Waals surface area contributed by atoms with E-state index >= 15 is 0 Å². The fourth-order valence-electron chi connectivity index (χ4n) is 1.92. The van der Waals surface area contributed by atoms with Crippen molar-refractivity contribution in [2.45, 2.75) is 33.1 Å². The maximum Gasteiger partial charge on any atom is 0.139 e. The number of hydrogen-bond acceptors (Lipinski definition) is 3. The molecule has 0 aliphatic heterocycles. The van der Waals surface area contributed by atoms with Crippen molar-refractivity contribution in [3.05, 3.63) is 24.6 Å². The summed E-state index contributed by atoms with van der Waals surface area (Å²) in [5, 5.41) is 4.44. The van der Waals surface area contributed by atoms with Gasteiger partial charge in [-0.05, 0) is 24.5 Å². The van der Waals surface area contributed by atoms with Gasteiger partial charge in [-0.2, -0.15) is 0 Å². The third-order valence-corrected chi connectivity index (χ3v) is 2.88. The molecular formula is C14H20N2O. The van der Waals surface area contributed by atoms with Gasteiger partial charge >= 0.3 is 0 Å². The van der Waals surface area contributed by atoms with Crippen LogP contribution in [0.4, 0.5) is 5.82 Å². The Morgan fingerprint density at radius 1 is 1.29 bits per heavy atom. The van der Waals surface area contributed by atoms with E-state index in [9.17, 15) is 0 Å². The number of furan rings is 1. The van der Waals surface area contributed by atoms with Crippen molar-refractivity contribution < 1.29 is 4.42 Å². The van der Waals surface area contributed by atoms with E-state index in [1.807, 2.05) is 12.1 Å². The van der Waals surface area contributed by atoms with Crippen molar-refractivity contribution in [3.8, 4) is 0 Å². The van der Waals surface area contributed by atoms with Crippen LogP contribution in [0.5, 0.6) is 0 Å². The topological polar surface area (TPSA) is 38.1 Å². The molecule has 92 valence electrons. The molecule has 3 heteroatoms. The molecule has 0 radical (unpaired) electrons.